The number of fused-ring (bicyclic) bond motifs is 3. The number of benzene rings is 1. The van der Waals surface area contributed by atoms with E-state index >= 15 is 0 Å². The number of nitrogens with zero attached hydrogens (tertiary/aromatic N) is 4. The molecule has 5 N–H and O–H groups in total. The van der Waals surface area contributed by atoms with E-state index in [9.17, 15) is 9.59 Å². The molecule has 6 rings (SSSR count). The van der Waals surface area contributed by atoms with Crippen LogP contribution in [0.25, 0.3) is 16.8 Å². The van der Waals surface area contributed by atoms with E-state index in [-0.39, 0.29) is 36.0 Å². The molecule has 2 aromatic heterocycles. The van der Waals surface area contributed by atoms with Gasteiger partial charge in [0, 0.05) is 54.6 Å². The third-order valence-electron chi connectivity index (χ3n) is 7.83. The smallest absolute Gasteiger partial charge is 0.318 e. The quantitative estimate of drug-likeness (QED) is 0.426. The molecule has 3 saturated heterocycles. The summed E-state index contributed by atoms with van der Waals surface area (Å²) in [4.78, 5) is 32.0. The minimum atomic E-state index is -0.270. The van der Waals surface area contributed by atoms with E-state index in [0.717, 1.165) is 42.5 Å². The van der Waals surface area contributed by atoms with Crippen LogP contribution in [0, 0.1) is 0 Å². The topological polar surface area (TPSA) is 139 Å². The van der Waals surface area contributed by atoms with E-state index in [1.807, 2.05) is 30.3 Å². The number of hydrogen-bond acceptors (Lipinski definition) is 7. The van der Waals surface area contributed by atoms with Gasteiger partial charge in [-0.15, -0.1) is 0 Å². The summed E-state index contributed by atoms with van der Waals surface area (Å²) in [7, 11) is 1.58. The average molecular weight is 505 g/mol. The van der Waals surface area contributed by atoms with Crippen molar-refractivity contribution in [3.05, 3.63) is 42.2 Å². The summed E-state index contributed by atoms with van der Waals surface area (Å²) in [5.41, 5.74) is 10.6. The van der Waals surface area contributed by atoms with E-state index in [4.69, 9.17) is 15.5 Å². The largest absolute Gasteiger partial charge is 0.384 e. The molecule has 11 heteroatoms. The minimum absolute atomic E-state index is 0.168. The molecule has 3 aromatic rings. The fraction of sp³-hybridized carbons (Fsp3) is 0.462. The van der Waals surface area contributed by atoms with Gasteiger partial charge < -0.3 is 31.3 Å². The van der Waals surface area contributed by atoms with Crippen LogP contribution in [0.5, 0.6) is 0 Å². The normalized spacial score (nSPS) is 25.3. The molecule has 37 heavy (non-hydrogen) atoms. The lowest BCUT2D eigenvalue weighted by Gasteiger charge is -2.41. The molecule has 4 atom stereocenters. The lowest BCUT2D eigenvalue weighted by atomic mass is 9.87. The Morgan fingerprint density at radius 3 is 2.59 bits per heavy atom. The second-order valence-corrected chi connectivity index (χ2v) is 10.1. The molecular weight excluding hydrogens is 472 g/mol. The number of morpholine rings is 1. The summed E-state index contributed by atoms with van der Waals surface area (Å²) >= 11 is 0. The fourth-order valence-electron chi connectivity index (χ4n) is 6.03. The molecule has 2 bridgehead atoms. The Morgan fingerprint density at radius 2 is 1.92 bits per heavy atom. The highest BCUT2D eigenvalue weighted by Crippen LogP contribution is 2.43. The summed E-state index contributed by atoms with van der Waals surface area (Å²) in [6.45, 7) is 1.81. The van der Waals surface area contributed by atoms with Gasteiger partial charge in [0.25, 0.3) is 0 Å². The number of hydrogen-bond donors (Lipinski definition) is 4. The zero-order chi connectivity index (χ0) is 25.5. The molecule has 11 nitrogen and oxygen atoms in total. The molecule has 0 saturated carbocycles. The molecule has 3 amide bonds. The van der Waals surface area contributed by atoms with Gasteiger partial charge >= 0.3 is 6.03 Å². The van der Waals surface area contributed by atoms with Gasteiger partial charge in [-0.1, -0.05) is 12.1 Å². The van der Waals surface area contributed by atoms with Crippen LogP contribution in [-0.2, 0) is 9.53 Å². The molecule has 0 radical (unpaired) electrons. The van der Waals surface area contributed by atoms with E-state index < -0.39 is 0 Å². The molecule has 1 unspecified atom stereocenters. The molecule has 3 aliphatic rings. The van der Waals surface area contributed by atoms with E-state index in [1.165, 1.54) is 0 Å². The second-order valence-electron chi connectivity index (χ2n) is 10.1. The molecule has 1 aromatic carbocycles. The van der Waals surface area contributed by atoms with Crippen molar-refractivity contribution in [3.8, 4) is 11.1 Å². The van der Waals surface area contributed by atoms with Gasteiger partial charge in [0.15, 0.2) is 5.65 Å². The van der Waals surface area contributed by atoms with Gasteiger partial charge in [-0.05, 0) is 43.4 Å². The van der Waals surface area contributed by atoms with E-state index in [2.05, 4.69) is 25.9 Å². The van der Waals surface area contributed by atoms with Gasteiger partial charge in [-0.25, -0.2) is 9.78 Å². The predicted molar refractivity (Wildman–Crippen MR) is 139 cm³/mol. The standard InChI is InChI=1S/C26H32N8O3/c1-28-26(36)31-17-4-2-15(3-5-17)20-13-30-34-23(27)12-21(32-24(20)34)16-10-18-6-7-19(11-16)33(18)25(35)22-14-37-9-8-29-22/h2-5,12-13,16,18-19,22,29H,6-11,14,27H2,1H3,(H2,28,31,36)/t16-,18+,19-,22?. The van der Waals surface area contributed by atoms with Crippen LogP contribution in [-0.4, -0.2) is 76.4 Å². The van der Waals surface area contributed by atoms with Crippen LogP contribution in [0.4, 0.5) is 16.3 Å². The number of aromatic nitrogens is 3. The zero-order valence-electron chi connectivity index (χ0n) is 20.8. The first-order chi connectivity index (χ1) is 18.0. The Hall–Kier alpha value is -3.70. The van der Waals surface area contributed by atoms with Crippen molar-refractivity contribution in [2.45, 2.75) is 49.7 Å². The zero-order valence-corrected chi connectivity index (χ0v) is 20.8. The van der Waals surface area contributed by atoms with Crippen LogP contribution in [0.2, 0.25) is 0 Å². The highest BCUT2D eigenvalue weighted by molar-refractivity contribution is 5.89. The highest BCUT2D eigenvalue weighted by Gasteiger charge is 2.45. The second kappa shape index (κ2) is 9.64. The summed E-state index contributed by atoms with van der Waals surface area (Å²) < 4.78 is 7.20. The first kappa shape index (κ1) is 23.7. The molecule has 3 fully saturated rings. The minimum Gasteiger partial charge on any atom is -0.384 e. The highest BCUT2D eigenvalue weighted by atomic mass is 16.5. The van der Waals surface area contributed by atoms with Gasteiger partial charge in [0.1, 0.15) is 11.9 Å². The Morgan fingerprint density at radius 1 is 1.16 bits per heavy atom. The Labute approximate surface area is 214 Å². The van der Waals surface area contributed by atoms with Gasteiger partial charge in [-0.3, -0.25) is 4.79 Å². The number of carbonyl (C=O) groups is 2. The third kappa shape index (κ3) is 4.38. The van der Waals surface area contributed by atoms with Crippen LogP contribution >= 0.6 is 0 Å². The first-order valence-corrected chi connectivity index (χ1v) is 12.9. The first-order valence-electron chi connectivity index (χ1n) is 12.9. The summed E-state index contributed by atoms with van der Waals surface area (Å²) in [5.74, 6) is 0.936. The van der Waals surface area contributed by atoms with Crippen molar-refractivity contribution in [1.82, 2.24) is 30.1 Å². The number of ether oxygens (including phenoxy) is 1. The van der Waals surface area contributed by atoms with Crippen LogP contribution in [0.15, 0.2) is 36.5 Å². The van der Waals surface area contributed by atoms with Gasteiger partial charge in [0.2, 0.25) is 5.91 Å². The number of urea groups is 1. The summed E-state index contributed by atoms with van der Waals surface area (Å²) in [6.07, 6.45) is 5.57. The maximum absolute atomic E-state index is 13.3. The Bertz CT molecular complexity index is 1300. The third-order valence-corrected chi connectivity index (χ3v) is 7.83. The van der Waals surface area contributed by atoms with Crippen molar-refractivity contribution >= 4 is 29.1 Å². The van der Waals surface area contributed by atoms with Crippen molar-refractivity contribution in [2.75, 3.05) is 37.9 Å². The monoisotopic (exact) mass is 504 g/mol. The fourth-order valence-corrected chi connectivity index (χ4v) is 6.03. The molecule has 0 spiro atoms. The summed E-state index contributed by atoms with van der Waals surface area (Å²) in [6, 6.07) is 9.39. The van der Waals surface area contributed by atoms with Crippen LogP contribution < -0.4 is 21.7 Å². The lowest BCUT2D eigenvalue weighted by Crippen LogP contribution is -2.57. The van der Waals surface area contributed by atoms with E-state index in [1.54, 1.807) is 17.8 Å². The predicted octanol–water partition coefficient (Wildman–Crippen LogP) is 1.96. The molecule has 3 aliphatic heterocycles. The number of nitrogens with one attached hydrogen (secondary N) is 3. The number of nitrogens with two attached hydrogens (primary N) is 1. The Balaban J connectivity index is 1.24. The summed E-state index contributed by atoms with van der Waals surface area (Å²) in [5, 5.41) is 13.1. The van der Waals surface area contributed by atoms with Crippen LogP contribution in [0.1, 0.15) is 37.3 Å². The number of piperidine rings is 1. The lowest BCUT2D eigenvalue weighted by molar-refractivity contribution is -0.141. The molecule has 194 valence electrons. The number of anilines is 2. The number of rotatable bonds is 4. The molecular formula is C26H32N8O3. The maximum Gasteiger partial charge on any atom is 0.318 e. The van der Waals surface area contributed by atoms with Crippen LogP contribution in [0.3, 0.4) is 0 Å². The van der Waals surface area contributed by atoms with Gasteiger partial charge in [0.05, 0.1) is 19.4 Å². The van der Waals surface area contributed by atoms with Gasteiger partial charge in [-0.2, -0.15) is 9.61 Å². The molecule has 5 heterocycles. The number of amides is 3. The van der Waals surface area contributed by atoms with Crippen molar-refractivity contribution in [3.63, 3.8) is 0 Å². The van der Waals surface area contributed by atoms with Crippen molar-refractivity contribution in [2.24, 2.45) is 0 Å². The van der Waals surface area contributed by atoms with Crippen molar-refractivity contribution < 1.29 is 14.3 Å². The number of nitrogen functional groups attached to an aromatic ring is 1. The van der Waals surface area contributed by atoms with E-state index in [0.29, 0.717) is 36.9 Å². The Kier molecular flexibility index (Phi) is 6.17. The number of carbonyl (C=O) groups excluding carboxylic acids is 2. The average Bonchev–Trinajstić information content (AvgIpc) is 3.47. The van der Waals surface area contributed by atoms with Crippen molar-refractivity contribution in [1.29, 1.82) is 0 Å². The molecule has 0 aliphatic carbocycles. The SMILES string of the molecule is CNC(=O)Nc1ccc(-c2cnn3c(N)cc([C@H]4C[C@H]5CC[C@@H](C4)N5C(=O)C4COCCN4)nc23)cc1. The maximum atomic E-state index is 13.3.